The number of hydrogen-bond acceptors (Lipinski definition) is 6. The smallest absolute Gasteiger partial charge is 0.279 e. The van der Waals surface area contributed by atoms with Gasteiger partial charge in [-0.1, -0.05) is 54.1 Å². The SMILES string of the molecule is C.CC1=NOC2(C1)C(=O)N(C)c1ccccc12.CC1=NOC2(C1)c1ccccc1C(=O)N2C. The van der Waals surface area contributed by atoms with Crippen molar-refractivity contribution in [1.82, 2.24) is 4.90 Å². The Kier molecular flexibility index (Phi) is 5.27. The maximum Gasteiger partial charge on any atom is 0.279 e. The first-order valence-electron chi connectivity index (χ1n) is 10.5. The van der Waals surface area contributed by atoms with Gasteiger partial charge in [0.1, 0.15) is 0 Å². The summed E-state index contributed by atoms with van der Waals surface area (Å²) in [5, 5.41) is 7.90. The van der Waals surface area contributed by atoms with Crippen molar-refractivity contribution in [3.63, 3.8) is 0 Å². The molecule has 0 N–H and O–H groups in total. The van der Waals surface area contributed by atoms with E-state index in [9.17, 15) is 9.59 Å². The lowest BCUT2D eigenvalue weighted by Crippen LogP contribution is -2.41. The van der Waals surface area contributed by atoms with Crippen LogP contribution in [0.25, 0.3) is 0 Å². The highest BCUT2D eigenvalue weighted by Crippen LogP contribution is 2.47. The molecule has 0 aliphatic carbocycles. The number of carbonyl (C=O) groups excluding carboxylic acids is 2. The lowest BCUT2D eigenvalue weighted by atomic mass is 9.91. The summed E-state index contributed by atoms with van der Waals surface area (Å²) in [7, 11) is 3.53. The van der Waals surface area contributed by atoms with Crippen LogP contribution in [0.5, 0.6) is 0 Å². The van der Waals surface area contributed by atoms with Gasteiger partial charge in [0, 0.05) is 37.2 Å². The molecular formula is C25H28N4O4. The highest BCUT2D eigenvalue weighted by molar-refractivity contribution is 6.09. The van der Waals surface area contributed by atoms with Gasteiger partial charge in [-0.15, -0.1) is 0 Å². The van der Waals surface area contributed by atoms with E-state index < -0.39 is 11.3 Å². The number of oxime groups is 2. The molecule has 2 spiro atoms. The van der Waals surface area contributed by atoms with Crippen LogP contribution >= 0.6 is 0 Å². The second kappa shape index (κ2) is 7.72. The van der Waals surface area contributed by atoms with E-state index >= 15 is 0 Å². The molecule has 0 bridgehead atoms. The summed E-state index contributed by atoms with van der Waals surface area (Å²) < 4.78 is 0. The zero-order chi connectivity index (χ0) is 22.7. The van der Waals surface area contributed by atoms with Gasteiger partial charge in [0.25, 0.3) is 11.8 Å². The van der Waals surface area contributed by atoms with E-state index in [2.05, 4.69) is 10.3 Å². The topological polar surface area (TPSA) is 83.8 Å². The largest absolute Gasteiger partial charge is 0.374 e. The number of carbonyl (C=O) groups is 2. The maximum atomic E-state index is 12.3. The molecule has 8 heteroatoms. The van der Waals surface area contributed by atoms with Crippen molar-refractivity contribution in [2.24, 2.45) is 10.3 Å². The van der Waals surface area contributed by atoms with Crippen LogP contribution in [0, 0.1) is 0 Å². The number of nitrogens with zero attached hydrogens (tertiary/aromatic N) is 4. The minimum atomic E-state index is -0.893. The van der Waals surface area contributed by atoms with Crippen molar-refractivity contribution in [3.8, 4) is 0 Å². The van der Waals surface area contributed by atoms with Gasteiger partial charge >= 0.3 is 0 Å². The van der Waals surface area contributed by atoms with E-state index in [-0.39, 0.29) is 19.2 Å². The van der Waals surface area contributed by atoms with Gasteiger partial charge in [0.15, 0.2) is 0 Å². The number of hydrogen-bond donors (Lipinski definition) is 0. The quantitative estimate of drug-likeness (QED) is 0.610. The highest BCUT2D eigenvalue weighted by Gasteiger charge is 2.55. The first-order chi connectivity index (χ1) is 15.3. The van der Waals surface area contributed by atoms with Gasteiger partial charge in [-0.3, -0.25) is 14.5 Å². The Balaban J connectivity index is 0.000000152. The summed E-state index contributed by atoms with van der Waals surface area (Å²) in [5.74, 6) is -0.0326. The molecule has 2 aromatic rings. The van der Waals surface area contributed by atoms with Crippen molar-refractivity contribution < 1.29 is 19.3 Å². The molecule has 4 aliphatic heterocycles. The summed E-state index contributed by atoms with van der Waals surface area (Å²) in [6.45, 7) is 3.79. The van der Waals surface area contributed by atoms with E-state index in [4.69, 9.17) is 9.68 Å². The van der Waals surface area contributed by atoms with Crippen LogP contribution in [-0.4, -0.2) is 42.2 Å². The number of para-hydroxylation sites is 1. The van der Waals surface area contributed by atoms with Gasteiger partial charge in [0.2, 0.25) is 11.3 Å². The maximum absolute atomic E-state index is 12.3. The van der Waals surface area contributed by atoms with E-state index in [1.165, 1.54) is 0 Å². The Morgan fingerprint density at radius 1 is 0.848 bits per heavy atom. The predicted molar refractivity (Wildman–Crippen MR) is 126 cm³/mol. The molecule has 2 atom stereocenters. The summed E-state index contributed by atoms with van der Waals surface area (Å²) >= 11 is 0. The number of amides is 2. The first-order valence-corrected chi connectivity index (χ1v) is 10.5. The fourth-order valence-electron chi connectivity index (χ4n) is 4.87. The summed E-state index contributed by atoms with van der Waals surface area (Å²) in [5.41, 5.74) is 3.65. The van der Waals surface area contributed by atoms with E-state index in [0.29, 0.717) is 12.8 Å². The lowest BCUT2D eigenvalue weighted by molar-refractivity contribution is -0.139. The number of likely N-dealkylation sites (N-methyl/N-ethyl adjacent to an activating group) is 1. The second-order valence-corrected chi connectivity index (χ2v) is 8.59. The molecule has 2 amide bonds. The molecule has 0 fully saturated rings. The molecule has 2 aromatic carbocycles. The van der Waals surface area contributed by atoms with Crippen LogP contribution in [0.1, 0.15) is 55.6 Å². The molecule has 0 aromatic heterocycles. The third kappa shape index (κ3) is 3.04. The number of fused-ring (bicyclic) bond motifs is 4. The molecule has 4 aliphatic rings. The summed E-state index contributed by atoms with van der Waals surface area (Å²) in [4.78, 5) is 38.5. The van der Waals surface area contributed by atoms with Gasteiger partial charge in [-0.05, 0) is 26.0 Å². The van der Waals surface area contributed by atoms with Crippen molar-refractivity contribution in [3.05, 3.63) is 65.2 Å². The van der Waals surface area contributed by atoms with E-state index in [0.717, 1.165) is 33.8 Å². The van der Waals surface area contributed by atoms with Gasteiger partial charge in [0.05, 0.1) is 23.5 Å². The number of rotatable bonds is 0. The van der Waals surface area contributed by atoms with Crippen molar-refractivity contribution >= 4 is 28.9 Å². The molecule has 33 heavy (non-hydrogen) atoms. The zero-order valence-corrected chi connectivity index (χ0v) is 18.5. The zero-order valence-electron chi connectivity index (χ0n) is 18.5. The Bertz CT molecular complexity index is 1210. The average Bonchev–Trinajstić information content (AvgIpc) is 3.50. The van der Waals surface area contributed by atoms with Crippen LogP contribution in [0.2, 0.25) is 0 Å². The van der Waals surface area contributed by atoms with Gasteiger partial charge in [-0.2, -0.15) is 0 Å². The predicted octanol–water partition coefficient (Wildman–Crippen LogP) is 4.01. The van der Waals surface area contributed by atoms with Gasteiger partial charge in [-0.25, -0.2) is 0 Å². The highest BCUT2D eigenvalue weighted by atomic mass is 16.7. The monoisotopic (exact) mass is 448 g/mol. The Morgan fingerprint density at radius 3 is 2.09 bits per heavy atom. The third-order valence-corrected chi connectivity index (χ3v) is 6.49. The average molecular weight is 449 g/mol. The van der Waals surface area contributed by atoms with Crippen LogP contribution < -0.4 is 4.90 Å². The number of anilines is 1. The first kappa shape index (κ1) is 22.5. The summed E-state index contributed by atoms with van der Waals surface area (Å²) in [6, 6.07) is 15.3. The van der Waals surface area contributed by atoms with Crippen LogP contribution in [0.3, 0.4) is 0 Å². The number of benzene rings is 2. The summed E-state index contributed by atoms with van der Waals surface area (Å²) in [6.07, 6.45) is 1.19. The molecule has 2 unspecified atom stereocenters. The third-order valence-electron chi connectivity index (χ3n) is 6.49. The molecule has 0 saturated heterocycles. The Labute approximate surface area is 193 Å². The van der Waals surface area contributed by atoms with E-state index in [1.54, 1.807) is 23.9 Å². The fourth-order valence-corrected chi connectivity index (χ4v) is 4.87. The van der Waals surface area contributed by atoms with Crippen molar-refractivity contribution in [1.29, 1.82) is 0 Å². The van der Waals surface area contributed by atoms with E-state index in [1.807, 2.05) is 62.4 Å². The Hall–Kier alpha value is -3.68. The van der Waals surface area contributed by atoms with Crippen LogP contribution in [0.15, 0.2) is 58.8 Å². The standard InChI is InChI=1S/2C12H12N2O2.CH4/c1-8-7-12(16-13-8)9-5-3-4-6-10(9)14(2)11(12)15;1-8-7-12(16-13-8)10-6-4-3-5-9(10)11(15)14(12)2;/h2*3-6H,7H2,1-2H3;1H4. The van der Waals surface area contributed by atoms with Crippen molar-refractivity contribution in [2.75, 3.05) is 19.0 Å². The minimum Gasteiger partial charge on any atom is -0.374 e. The normalized spacial score (nSPS) is 26.2. The molecule has 4 heterocycles. The lowest BCUT2D eigenvalue weighted by Gasteiger charge is -2.29. The van der Waals surface area contributed by atoms with Gasteiger partial charge < -0.3 is 14.6 Å². The molecule has 6 rings (SSSR count). The molecule has 8 nitrogen and oxygen atoms in total. The van der Waals surface area contributed by atoms with Crippen molar-refractivity contribution in [2.45, 2.75) is 45.4 Å². The Morgan fingerprint density at radius 2 is 1.45 bits per heavy atom. The molecular weight excluding hydrogens is 420 g/mol. The molecule has 0 radical (unpaired) electrons. The fraction of sp³-hybridized carbons (Fsp3) is 0.360. The van der Waals surface area contributed by atoms with Crippen LogP contribution in [-0.2, 0) is 25.8 Å². The molecule has 172 valence electrons. The molecule has 0 saturated carbocycles. The minimum absolute atomic E-state index is 0. The second-order valence-electron chi connectivity index (χ2n) is 8.59. The van der Waals surface area contributed by atoms with Crippen LogP contribution in [0.4, 0.5) is 5.69 Å².